The van der Waals surface area contributed by atoms with Crippen LogP contribution in [0.25, 0.3) is 0 Å². The Morgan fingerprint density at radius 2 is 1.94 bits per heavy atom. The van der Waals surface area contributed by atoms with Crippen LogP contribution in [0.5, 0.6) is 5.75 Å². The van der Waals surface area contributed by atoms with E-state index in [1.165, 1.54) is 16.2 Å². The molecule has 1 saturated carbocycles. The van der Waals surface area contributed by atoms with Gasteiger partial charge in [0.25, 0.3) is 5.91 Å². The summed E-state index contributed by atoms with van der Waals surface area (Å²) in [5.74, 6) is 0.405. The molecule has 6 atom stereocenters. The number of hydrogen-bond donors (Lipinski definition) is 2. The van der Waals surface area contributed by atoms with Crippen molar-refractivity contribution in [1.29, 1.82) is 0 Å². The summed E-state index contributed by atoms with van der Waals surface area (Å²) in [5, 5.41) is 15.2. The number of carbonyl (C=O) groups excluding carboxylic acids is 2. The lowest BCUT2D eigenvalue weighted by atomic mass is 9.53. The van der Waals surface area contributed by atoms with Crippen molar-refractivity contribution >= 4 is 28.3 Å². The lowest BCUT2D eigenvalue weighted by Gasteiger charge is -2.53. The van der Waals surface area contributed by atoms with E-state index in [-0.39, 0.29) is 40.9 Å². The fourth-order valence-electron chi connectivity index (χ4n) is 6.52. The van der Waals surface area contributed by atoms with Gasteiger partial charge in [-0.1, -0.05) is 20.8 Å². The molecule has 1 fully saturated rings. The second kappa shape index (κ2) is 10.5. The number of amides is 2. The normalized spacial score (nSPS) is 28.0. The van der Waals surface area contributed by atoms with Crippen LogP contribution in [0.1, 0.15) is 74.3 Å². The summed E-state index contributed by atoms with van der Waals surface area (Å²) in [6.07, 6.45) is 2.06. The minimum Gasteiger partial charge on any atom is -0.497 e. The molecular formula is C28H39N3O4S. The number of thiazole rings is 1. The fraction of sp³-hybridized carbons (Fsp3) is 0.607. The number of aromatic nitrogens is 1. The Balaban J connectivity index is 1.53. The van der Waals surface area contributed by atoms with Crippen molar-refractivity contribution in [3.05, 3.63) is 40.4 Å². The van der Waals surface area contributed by atoms with Gasteiger partial charge >= 0.3 is 0 Å². The van der Waals surface area contributed by atoms with Gasteiger partial charge in [0.2, 0.25) is 5.91 Å². The number of nitrogens with one attached hydrogen (secondary N) is 1. The lowest BCUT2D eigenvalue weighted by Crippen LogP contribution is -2.53. The number of fused-ring (bicyclic) bond motifs is 2. The third kappa shape index (κ3) is 4.77. The Morgan fingerprint density at radius 1 is 1.28 bits per heavy atom. The van der Waals surface area contributed by atoms with Gasteiger partial charge in [-0.25, -0.2) is 4.98 Å². The first-order valence-corrected chi connectivity index (χ1v) is 13.9. The van der Waals surface area contributed by atoms with Crippen LogP contribution in [0.15, 0.2) is 24.3 Å². The number of nitrogens with zero attached hydrogens (tertiary/aromatic N) is 2. The molecule has 196 valence electrons. The molecule has 8 heteroatoms. The summed E-state index contributed by atoms with van der Waals surface area (Å²) in [6.45, 7) is 11.8. The van der Waals surface area contributed by atoms with Crippen molar-refractivity contribution in [3.8, 4) is 5.75 Å². The zero-order valence-corrected chi connectivity index (χ0v) is 23.0. The van der Waals surface area contributed by atoms with Crippen LogP contribution in [0, 0.1) is 23.2 Å². The van der Waals surface area contributed by atoms with E-state index < -0.39 is 6.10 Å². The van der Waals surface area contributed by atoms with Crippen molar-refractivity contribution in [2.45, 2.75) is 65.9 Å². The molecule has 1 aromatic carbocycles. The van der Waals surface area contributed by atoms with Crippen LogP contribution in [0.2, 0.25) is 0 Å². The smallest absolute Gasteiger partial charge is 0.257 e. The molecule has 2 N–H and O–H groups in total. The molecule has 0 aliphatic heterocycles. The molecule has 1 heterocycles. The van der Waals surface area contributed by atoms with Gasteiger partial charge in [-0.15, -0.1) is 11.3 Å². The summed E-state index contributed by atoms with van der Waals surface area (Å²) in [5.41, 5.74) is 1.45. The maximum Gasteiger partial charge on any atom is 0.257 e. The molecule has 0 bridgehead atoms. The Labute approximate surface area is 218 Å². The number of anilines is 1. The number of hydrogen-bond acceptors (Lipinski definition) is 6. The van der Waals surface area contributed by atoms with Crippen LogP contribution < -0.4 is 10.1 Å². The van der Waals surface area contributed by atoms with E-state index >= 15 is 0 Å². The molecule has 0 spiro atoms. The summed E-state index contributed by atoms with van der Waals surface area (Å²) < 4.78 is 5.17. The van der Waals surface area contributed by atoms with E-state index in [1.54, 1.807) is 31.4 Å². The van der Waals surface area contributed by atoms with Gasteiger partial charge in [-0.05, 0) is 74.6 Å². The lowest BCUT2D eigenvalue weighted by molar-refractivity contribution is -0.144. The topological polar surface area (TPSA) is 91.8 Å². The fourth-order valence-corrected chi connectivity index (χ4v) is 7.78. The van der Waals surface area contributed by atoms with Crippen molar-refractivity contribution in [2.24, 2.45) is 23.2 Å². The Morgan fingerprint density at radius 3 is 2.56 bits per heavy atom. The van der Waals surface area contributed by atoms with Gasteiger partial charge in [0, 0.05) is 35.4 Å². The zero-order valence-electron chi connectivity index (χ0n) is 22.2. The molecule has 7 nitrogen and oxygen atoms in total. The molecule has 0 radical (unpaired) electrons. The number of aliphatic hydroxyl groups excluding tert-OH is 1. The van der Waals surface area contributed by atoms with Crippen molar-refractivity contribution in [1.82, 2.24) is 9.88 Å². The molecular weight excluding hydrogens is 474 g/mol. The predicted octanol–water partition coefficient (Wildman–Crippen LogP) is 4.96. The summed E-state index contributed by atoms with van der Waals surface area (Å²) >= 11 is 1.54. The monoisotopic (exact) mass is 513 g/mol. The van der Waals surface area contributed by atoms with E-state index in [0.29, 0.717) is 29.5 Å². The average Bonchev–Trinajstić information content (AvgIpc) is 3.26. The standard InChI is InChI=1S/C28H39N3O4S/c1-7-31(8-2)26(34)16(3)20-13-14-28(5)15-21-23(17(4)22(28)24(20)32)29-27(36-21)30-25(33)18-9-11-19(35-6)12-10-18/h9-12,16-17,20,22,24,32H,7-8,13-15H2,1-6H3,(H,29,30,33)/t16-,17-,20-,22+,24-,28-/m0/s1. The molecule has 1 aromatic heterocycles. The predicted molar refractivity (Wildman–Crippen MR) is 143 cm³/mol. The van der Waals surface area contributed by atoms with E-state index in [0.717, 1.165) is 25.0 Å². The summed E-state index contributed by atoms with van der Waals surface area (Å²) in [7, 11) is 1.59. The third-order valence-corrected chi connectivity index (χ3v) is 9.59. The second-order valence-electron chi connectivity index (χ2n) is 10.6. The highest BCUT2D eigenvalue weighted by Gasteiger charge is 2.54. The van der Waals surface area contributed by atoms with Crippen LogP contribution >= 0.6 is 11.3 Å². The minimum atomic E-state index is -0.569. The SMILES string of the molecule is CCN(CC)C(=O)[C@@H](C)[C@@H]1CC[C@@]2(C)Cc3sc(NC(=O)c4ccc(OC)cc4)nc3[C@@H](C)[C@@H]2[C@H]1O. The number of ether oxygens (including phenoxy) is 1. The van der Waals surface area contributed by atoms with Crippen LogP contribution in [-0.2, 0) is 11.2 Å². The number of rotatable bonds is 7. The summed E-state index contributed by atoms with van der Waals surface area (Å²) in [6, 6.07) is 6.99. The van der Waals surface area contributed by atoms with Gasteiger partial charge < -0.3 is 14.7 Å². The third-order valence-electron chi connectivity index (χ3n) is 8.60. The molecule has 36 heavy (non-hydrogen) atoms. The number of aliphatic hydroxyl groups is 1. The molecule has 2 aromatic rings. The molecule has 2 aliphatic carbocycles. The number of benzene rings is 1. The molecule has 2 aliphatic rings. The van der Waals surface area contributed by atoms with E-state index in [4.69, 9.17) is 9.72 Å². The van der Waals surface area contributed by atoms with Crippen molar-refractivity contribution in [3.63, 3.8) is 0 Å². The maximum atomic E-state index is 13.1. The van der Waals surface area contributed by atoms with E-state index in [9.17, 15) is 14.7 Å². The highest BCUT2D eigenvalue weighted by Crippen LogP contribution is 2.57. The molecule has 4 rings (SSSR count). The average molecular weight is 514 g/mol. The molecule has 0 unspecified atom stereocenters. The van der Waals surface area contributed by atoms with Gasteiger partial charge in [0.1, 0.15) is 5.75 Å². The van der Waals surface area contributed by atoms with Crippen molar-refractivity contribution in [2.75, 3.05) is 25.5 Å². The Hall–Kier alpha value is -2.45. The van der Waals surface area contributed by atoms with Gasteiger partial charge in [-0.3, -0.25) is 14.9 Å². The minimum absolute atomic E-state index is 0.0166. The number of carbonyl (C=O) groups is 2. The first-order chi connectivity index (χ1) is 17.1. The highest BCUT2D eigenvalue weighted by molar-refractivity contribution is 7.15. The maximum absolute atomic E-state index is 13.1. The zero-order chi connectivity index (χ0) is 26.2. The molecule has 2 amide bonds. The highest BCUT2D eigenvalue weighted by atomic mass is 32.1. The van der Waals surface area contributed by atoms with Crippen LogP contribution in [-0.4, -0.2) is 53.1 Å². The van der Waals surface area contributed by atoms with Crippen molar-refractivity contribution < 1.29 is 19.4 Å². The summed E-state index contributed by atoms with van der Waals surface area (Å²) in [4.78, 5) is 33.8. The molecule has 0 saturated heterocycles. The largest absolute Gasteiger partial charge is 0.497 e. The van der Waals surface area contributed by atoms with Crippen LogP contribution in [0.4, 0.5) is 5.13 Å². The van der Waals surface area contributed by atoms with E-state index in [1.807, 2.05) is 25.7 Å². The quantitative estimate of drug-likeness (QED) is 0.546. The Kier molecular flexibility index (Phi) is 7.76. The van der Waals surface area contributed by atoms with Gasteiger partial charge in [-0.2, -0.15) is 0 Å². The van der Waals surface area contributed by atoms with Gasteiger partial charge in [0.05, 0.1) is 18.9 Å². The first-order valence-electron chi connectivity index (χ1n) is 13.0. The Bertz CT molecular complexity index is 1100. The second-order valence-corrected chi connectivity index (χ2v) is 11.7. The first kappa shape index (κ1) is 26.6. The van der Waals surface area contributed by atoms with E-state index in [2.05, 4.69) is 19.2 Å². The van der Waals surface area contributed by atoms with Crippen LogP contribution in [0.3, 0.4) is 0 Å². The number of methoxy groups -OCH3 is 1. The van der Waals surface area contributed by atoms with Gasteiger partial charge in [0.15, 0.2) is 5.13 Å².